The van der Waals surface area contributed by atoms with Gasteiger partial charge in [0.2, 0.25) is 0 Å². The van der Waals surface area contributed by atoms with E-state index >= 15 is 0 Å². The SMILES string of the molecule is [CH2]C1CCN(c2cccnc2)CC1. The first kappa shape index (κ1) is 8.54. The van der Waals surface area contributed by atoms with E-state index in [2.05, 4.69) is 22.9 Å². The molecule has 1 aromatic heterocycles. The maximum Gasteiger partial charge on any atom is 0.0552 e. The van der Waals surface area contributed by atoms with Crippen molar-refractivity contribution in [3.8, 4) is 0 Å². The highest BCUT2D eigenvalue weighted by Crippen LogP contribution is 2.21. The molecule has 1 fully saturated rings. The molecule has 2 nitrogen and oxygen atoms in total. The summed E-state index contributed by atoms with van der Waals surface area (Å²) in [5.74, 6) is 0.646. The summed E-state index contributed by atoms with van der Waals surface area (Å²) in [5.41, 5.74) is 1.24. The summed E-state index contributed by atoms with van der Waals surface area (Å²) in [6.45, 7) is 6.33. The van der Waals surface area contributed by atoms with Crippen LogP contribution in [-0.2, 0) is 0 Å². The summed E-state index contributed by atoms with van der Waals surface area (Å²) in [7, 11) is 0. The van der Waals surface area contributed by atoms with Gasteiger partial charge in [-0.2, -0.15) is 0 Å². The highest BCUT2D eigenvalue weighted by molar-refractivity contribution is 5.43. The van der Waals surface area contributed by atoms with Crippen LogP contribution in [0, 0.1) is 12.8 Å². The Balaban J connectivity index is 2.03. The van der Waals surface area contributed by atoms with Gasteiger partial charge in [0.15, 0.2) is 0 Å². The van der Waals surface area contributed by atoms with Crippen molar-refractivity contribution in [3.63, 3.8) is 0 Å². The Hall–Kier alpha value is -1.05. The van der Waals surface area contributed by atoms with Crippen molar-refractivity contribution in [1.29, 1.82) is 0 Å². The molecule has 1 aliphatic heterocycles. The van der Waals surface area contributed by atoms with E-state index in [4.69, 9.17) is 0 Å². The molecule has 2 heteroatoms. The smallest absolute Gasteiger partial charge is 0.0552 e. The van der Waals surface area contributed by atoms with Crippen molar-refractivity contribution in [3.05, 3.63) is 31.5 Å². The van der Waals surface area contributed by atoms with Gasteiger partial charge in [-0.3, -0.25) is 4.98 Å². The van der Waals surface area contributed by atoms with E-state index in [1.807, 2.05) is 18.5 Å². The Morgan fingerprint density at radius 2 is 2.15 bits per heavy atom. The van der Waals surface area contributed by atoms with Crippen LogP contribution in [0.4, 0.5) is 5.69 Å². The van der Waals surface area contributed by atoms with Crippen LogP contribution in [0.1, 0.15) is 12.8 Å². The molecule has 0 unspecified atom stereocenters. The summed E-state index contributed by atoms with van der Waals surface area (Å²) in [4.78, 5) is 6.51. The summed E-state index contributed by atoms with van der Waals surface area (Å²) >= 11 is 0. The number of piperidine rings is 1. The molecule has 0 atom stereocenters. The van der Waals surface area contributed by atoms with Gasteiger partial charge in [0.25, 0.3) is 0 Å². The molecule has 0 aromatic carbocycles. The van der Waals surface area contributed by atoms with Gasteiger partial charge >= 0.3 is 0 Å². The first-order valence-electron chi connectivity index (χ1n) is 4.84. The first-order valence-corrected chi connectivity index (χ1v) is 4.84. The topological polar surface area (TPSA) is 16.1 Å². The fraction of sp³-hybridized carbons (Fsp3) is 0.455. The monoisotopic (exact) mass is 175 g/mol. The van der Waals surface area contributed by atoms with Crippen molar-refractivity contribution in [2.75, 3.05) is 18.0 Å². The standard InChI is InChI=1S/C11H15N2/c1-10-4-7-13(8-5-10)11-3-2-6-12-9-11/h2-3,6,9-10H,1,4-5,7-8H2. The first-order chi connectivity index (χ1) is 6.36. The maximum absolute atomic E-state index is 4.12. The number of hydrogen-bond donors (Lipinski definition) is 0. The van der Waals surface area contributed by atoms with Crippen LogP contribution >= 0.6 is 0 Å². The predicted molar refractivity (Wildman–Crippen MR) is 54.5 cm³/mol. The zero-order chi connectivity index (χ0) is 9.10. The molecule has 2 rings (SSSR count). The van der Waals surface area contributed by atoms with E-state index in [0.717, 1.165) is 13.1 Å². The van der Waals surface area contributed by atoms with Gasteiger partial charge in [0.1, 0.15) is 0 Å². The van der Waals surface area contributed by atoms with E-state index in [1.165, 1.54) is 18.5 Å². The van der Waals surface area contributed by atoms with Crippen LogP contribution in [-0.4, -0.2) is 18.1 Å². The molecule has 0 spiro atoms. The highest BCUT2D eigenvalue weighted by Gasteiger charge is 2.15. The highest BCUT2D eigenvalue weighted by atomic mass is 15.1. The Morgan fingerprint density at radius 3 is 2.77 bits per heavy atom. The van der Waals surface area contributed by atoms with Gasteiger partial charge in [-0.25, -0.2) is 0 Å². The third kappa shape index (κ3) is 2.00. The predicted octanol–water partition coefficient (Wildman–Crippen LogP) is 2.13. The normalized spacial score (nSPS) is 19.0. The average Bonchev–Trinajstić information content (AvgIpc) is 2.20. The number of aromatic nitrogens is 1. The van der Waals surface area contributed by atoms with Crippen molar-refractivity contribution >= 4 is 5.69 Å². The van der Waals surface area contributed by atoms with Crippen LogP contribution in [0.25, 0.3) is 0 Å². The van der Waals surface area contributed by atoms with Crippen molar-refractivity contribution in [2.24, 2.45) is 5.92 Å². The molecule has 13 heavy (non-hydrogen) atoms. The number of nitrogens with zero attached hydrogens (tertiary/aromatic N) is 2. The lowest BCUT2D eigenvalue weighted by Crippen LogP contribution is -2.32. The van der Waals surface area contributed by atoms with Crippen LogP contribution in [0.2, 0.25) is 0 Å². The molecule has 1 saturated heterocycles. The minimum atomic E-state index is 0.646. The van der Waals surface area contributed by atoms with E-state index in [1.54, 1.807) is 0 Å². The maximum atomic E-state index is 4.12. The van der Waals surface area contributed by atoms with Gasteiger partial charge in [0.05, 0.1) is 11.9 Å². The molecule has 2 heterocycles. The number of rotatable bonds is 1. The molecule has 69 valence electrons. The molecule has 0 amide bonds. The second-order valence-corrected chi connectivity index (χ2v) is 3.64. The van der Waals surface area contributed by atoms with Crippen LogP contribution in [0.15, 0.2) is 24.5 Å². The Labute approximate surface area is 79.6 Å². The molecule has 0 N–H and O–H groups in total. The van der Waals surface area contributed by atoms with Crippen molar-refractivity contribution in [2.45, 2.75) is 12.8 Å². The van der Waals surface area contributed by atoms with E-state index in [-0.39, 0.29) is 0 Å². The van der Waals surface area contributed by atoms with Gasteiger partial charge in [0, 0.05) is 19.3 Å². The summed E-state index contributed by atoms with van der Waals surface area (Å²) in [6.07, 6.45) is 6.16. The zero-order valence-corrected chi connectivity index (χ0v) is 7.82. The van der Waals surface area contributed by atoms with Gasteiger partial charge < -0.3 is 4.90 Å². The Morgan fingerprint density at radius 1 is 1.38 bits per heavy atom. The molecule has 1 aliphatic rings. The van der Waals surface area contributed by atoms with Crippen molar-refractivity contribution in [1.82, 2.24) is 4.98 Å². The summed E-state index contributed by atoms with van der Waals surface area (Å²) < 4.78 is 0. The lowest BCUT2D eigenvalue weighted by molar-refractivity contribution is 0.475. The fourth-order valence-corrected chi connectivity index (χ4v) is 1.73. The molecular formula is C11H15N2. The van der Waals surface area contributed by atoms with Gasteiger partial charge in [-0.15, -0.1) is 0 Å². The second-order valence-electron chi connectivity index (χ2n) is 3.64. The minimum Gasteiger partial charge on any atom is -0.370 e. The minimum absolute atomic E-state index is 0.646. The molecule has 1 radical (unpaired) electrons. The number of anilines is 1. The molecular weight excluding hydrogens is 160 g/mol. The zero-order valence-electron chi connectivity index (χ0n) is 7.82. The summed E-state index contributed by atoms with van der Waals surface area (Å²) in [5, 5.41) is 0. The molecule has 0 aliphatic carbocycles. The largest absolute Gasteiger partial charge is 0.370 e. The number of hydrogen-bond acceptors (Lipinski definition) is 2. The summed E-state index contributed by atoms with van der Waals surface area (Å²) in [6, 6.07) is 4.11. The third-order valence-corrected chi connectivity index (χ3v) is 2.63. The molecule has 0 saturated carbocycles. The Bertz CT molecular complexity index is 250. The Kier molecular flexibility index (Phi) is 2.48. The van der Waals surface area contributed by atoms with Gasteiger partial charge in [-0.1, -0.05) is 6.92 Å². The quantitative estimate of drug-likeness (QED) is 0.650. The van der Waals surface area contributed by atoms with Crippen LogP contribution < -0.4 is 4.90 Å². The van der Waals surface area contributed by atoms with E-state index in [0.29, 0.717) is 5.92 Å². The van der Waals surface area contributed by atoms with E-state index < -0.39 is 0 Å². The number of pyridine rings is 1. The fourth-order valence-electron chi connectivity index (χ4n) is 1.73. The molecule has 1 aromatic rings. The lowest BCUT2D eigenvalue weighted by Gasteiger charge is -2.31. The average molecular weight is 175 g/mol. The molecule has 0 bridgehead atoms. The van der Waals surface area contributed by atoms with Gasteiger partial charge in [-0.05, 0) is 30.9 Å². The van der Waals surface area contributed by atoms with Crippen molar-refractivity contribution < 1.29 is 0 Å². The second kappa shape index (κ2) is 3.77. The lowest BCUT2D eigenvalue weighted by atomic mass is 9.99. The third-order valence-electron chi connectivity index (χ3n) is 2.63. The van der Waals surface area contributed by atoms with Crippen LogP contribution in [0.3, 0.4) is 0 Å². The van der Waals surface area contributed by atoms with Crippen LogP contribution in [0.5, 0.6) is 0 Å². The van der Waals surface area contributed by atoms with E-state index in [9.17, 15) is 0 Å².